The minimum atomic E-state index is -4.91. The van der Waals surface area contributed by atoms with Crippen molar-refractivity contribution < 1.29 is 26.7 Å². The Morgan fingerprint density at radius 1 is 1.20 bits per heavy atom. The fourth-order valence-corrected chi connectivity index (χ4v) is 0.939. The van der Waals surface area contributed by atoms with Gasteiger partial charge in [0.25, 0.3) is 6.43 Å². The molecule has 0 atom stereocenters. The number of anilines is 1. The summed E-state index contributed by atoms with van der Waals surface area (Å²) >= 11 is 0. The van der Waals surface area contributed by atoms with Crippen LogP contribution >= 0.6 is 0 Å². The second-order valence-corrected chi connectivity index (χ2v) is 2.64. The molecule has 0 saturated heterocycles. The highest BCUT2D eigenvalue weighted by atomic mass is 19.4. The largest absolute Gasteiger partial charge is 0.573 e. The summed E-state index contributed by atoms with van der Waals surface area (Å²) in [7, 11) is 0. The second-order valence-electron chi connectivity index (χ2n) is 2.64. The number of rotatable bonds is 2. The molecule has 0 aliphatic rings. The Hall–Kier alpha value is -1.53. The highest BCUT2D eigenvalue weighted by Gasteiger charge is 2.31. The highest BCUT2D eigenvalue weighted by molar-refractivity contribution is 5.51. The van der Waals surface area contributed by atoms with E-state index in [4.69, 9.17) is 5.73 Å². The van der Waals surface area contributed by atoms with E-state index in [1.54, 1.807) is 0 Å². The van der Waals surface area contributed by atoms with Crippen molar-refractivity contribution >= 4 is 5.69 Å². The van der Waals surface area contributed by atoms with Crippen molar-refractivity contribution in [2.45, 2.75) is 12.8 Å². The molecule has 0 aliphatic heterocycles. The van der Waals surface area contributed by atoms with E-state index in [1.807, 2.05) is 0 Å². The summed E-state index contributed by atoms with van der Waals surface area (Å²) in [4.78, 5) is 0. The van der Waals surface area contributed by atoms with E-state index in [-0.39, 0.29) is 5.69 Å². The summed E-state index contributed by atoms with van der Waals surface area (Å²) in [5.74, 6) is -0.716. The van der Waals surface area contributed by atoms with Crippen LogP contribution in [0, 0.1) is 0 Å². The first-order valence-corrected chi connectivity index (χ1v) is 3.73. The lowest BCUT2D eigenvalue weighted by molar-refractivity contribution is -0.274. The van der Waals surface area contributed by atoms with Gasteiger partial charge in [0.15, 0.2) is 0 Å². The smallest absolute Gasteiger partial charge is 0.406 e. The first-order valence-electron chi connectivity index (χ1n) is 3.73. The van der Waals surface area contributed by atoms with E-state index in [0.29, 0.717) is 6.07 Å². The van der Waals surface area contributed by atoms with Crippen LogP contribution in [0.3, 0.4) is 0 Å². The zero-order valence-corrected chi connectivity index (χ0v) is 7.18. The first kappa shape index (κ1) is 11.5. The Kier molecular flexibility index (Phi) is 3.01. The molecule has 0 fully saturated rings. The lowest BCUT2D eigenvalue weighted by atomic mass is 10.2. The van der Waals surface area contributed by atoms with E-state index in [1.165, 1.54) is 0 Å². The van der Waals surface area contributed by atoms with Gasteiger partial charge in [-0.1, -0.05) is 0 Å². The van der Waals surface area contributed by atoms with Crippen LogP contribution in [0.2, 0.25) is 0 Å². The predicted molar refractivity (Wildman–Crippen MR) is 42.5 cm³/mol. The third-order valence-corrected chi connectivity index (χ3v) is 1.53. The maximum absolute atomic E-state index is 12.2. The number of benzene rings is 1. The topological polar surface area (TPSA) is 35.2 Å². The second kappa shape index (κ2) is 3.92. The molecule has 0 aliphatic carbocycles. The summed E-state index contributed by atoms with van der Waals surface area (Å²) in [5.41, 5.74) is 4.18. The van der Waals surface area contributed by atoms with Crippen LogP contribution in [0.4, 0.5) is 27.6 Å². The number of nitrogens with two attached hydrogens (primary N) is 1. The van der Waals surface area contributed by atoms with Crippen LogP contribution in [0.5, 0.6) is 5.75 Å². The molecule has 1 aromatic rings. The van der Waals surface area contributed by atoms with Crippen molar-refractivity contribution in [2.75, 3.05) is 5.73 Å². The number of halogens is 5. The van der Waals surface area contributed by atoms with Crippen molar-refractivity contribution in [3.8, 4) is 5.75 Å². The van der Waals surface area contributed by atoms with Crippen LogP contribution in [0.15, 0.2) is 18.2 Å². The van der Waals surface area contributed by atoms with Gasteiger partial charge in [0.05, 0.1) is 0 Å². The van der Waals surface area contributed by atoms with Crippen LogP contribution in [-0.2, 0) is 0 Å². The molecule has 1 rings (SSSR count). The zero-order valence-electron chi connectivity index (χ0n) is 7.18. The summed E-state index contributed by atoms with van der Waals surface area (Å²) in [6.45, 7) is 0. The van der Waals surface area contributed by atoms with Gasteiger partial charge in [-0.3, -0.25) is 0 Å². The number of nitrogen functional groups attached to an aromatic ring is 1. The molecule has 0 bridgehead atoms. The number of alkyl halides is 5. The highest BCUT2D eigenvalue weighted by Crippen LogP contribution is 2.31. The van der Waals surface area contributed by atoms with Crippen LogP contribution < -0.4 is 10.5 Å². The fourth-order valence-electron chi connectivity index (χ4n) is 0.939. The van der Waals surface area contributed by atoms with Crippen molar-refractivity contribution in [3.05, 3.63) is 23.8 Å². The van der Waals surface area contributed by atoms with Crippen LogP contribution in [0.25, 0.3) is 0 Å². The van der Waals surface area contributed by atoms with Gasteiger partial charge >= 0.3 is 6.36 Å². The molecule has 15 heavy (non-hydrogen) atoms. The summed E-state index contributed by atoms with van der Waals surface area (Å²) < 4.78 is 63.1. The Morgan fingerprint density at radius 3 is 2.27 bits per heavy atom. The molecule has 1 aromatic carbocycles. The normalized spacial score (nSPS) is 11.9. The van der Waals surface area contributed by atoms with Crippen molar-refractivity contribution in [1.29, 1.82) is 0 Å². The molecule has 0 heterocycles. The van der Waals surface area contributed by atoms with Gasteiger partial charge < -0.3 is 10.5 Å². The molecular formula is C8H6F5NO. The number of hydrogen-bond donors (Lipinski definition) is 1. The van der Waals surface area contributed by atoms with E-state index in [0.717, 1.165) is 12.1 Å². The summed E-state index contributed by atoms with van der Waals surface area (Å²) in [6, 6.07) is 2.37. The van der Waals surface area contributed by atoms with Gasteiger partial charge in [0.2, 0.25) is 0 Å². The molecule has 2 nitrogen and oxygen atoms in total. The molecule has 2 N–H and O–H groups in total. The average molecular weight is 227 g/mol. The van der Waals surface area contributed by atoms with E-state index >= 15 is 0 Å². The standard InChI is InChI=1S/C8H6F5NO/c9-7(10)5-3-4(1-2-6(5)14)15-8(11,12)13/h1-3,7H,14H2. The minimum absolute atomic E-state index is 0.278. The van der Waals surface area contributed by atoms with Gasteiger partial charge in [-0.15, -0.1) is 13.2 Å². The van der Waals surface area contributed by atoms with Gasteiger partial charge in [-0.05, 0) is 18.2 Å². The van der Waals surface area contributed by atoms with Crippen LogP contribution in [-0.4, -0.2) is 6.36 Å². The summed E-state index contributed by atoms with van der Waals surface area (Å²) in [6.07, 6.45) is -7.85. The SMILES string of the molecule is Nc1ccc(OC(F)(F)F)cc1C(F)F. The Bertz CT molecular complexity index is 349. The zero-order chi connectivity index (χ0) is 11.6. The van der Waals surface area contributed by atoms with Crippen molar-refractivity contribution in [2.24, 2.45) is 0 Å². The molecule has 84 valence electrons. The number of hydrogen-bond acceptors (Lipinski definition) is 2. The van der Waals surface area contributed by atoms with Gasteiger partial charge in [-0.2, -0.15) is 0 Å². The lowest BCUT2D eigenvalue weighted by Crippen LogP contribution is -2.17. The third-order valence-electron chi connectivity index (χ3n) is 1.53. The van der Waals surface area contributed by atoms with E-state index in [9.17, 15) is 22.0 Å². The maximum Gasteiger partial charge on any atom is 0.573 e. The number of ether oxygens (including phenoxy) is 1. The Labute approximate surface area is 81.4 Å². The lowest BCUT2D eigenvalue weighted by Gasteiger charge is -2.11. The third kappa shape index (κ3) is 3.26. The Balaban J connectivity index is 2.98. The van der Waals surface area contributed by atoms with Crippen molar-refractivity contribution in [1.82, 2.24) is 0 Å². The van der Waals surface area contributed by atoms with E-state index < -0.39 is 24.1 Å². The molecule has 0 unspecified atom stereocenters. The molecule has 7 heteroatoms. The summed E-state index contributed by atoms with van der Waals surface area (Å²) in [5, 5.41) is 0. The Morgan fingerprint density at radius 2 is 1.80 bits per heavy atom. The van der Waals surface area contributed by atoms with Crippen molar-refractivity contribution in [3.63, 3.8) is 0 Å². The molecule has 0 aromatic heterocycles. The quantitative estimate of drug-likeness (QED) is 0.622. The molecule has 0 spiro atoms. The average Bonchev–Trinajstić information content (AvgIpc) is 2.05. The molecule has 0 saturated carbocycles. The minimum Gasteiger partial charge on any atom is -0.406 e. The molecule has 0 radical (unpaired) electrons. The van der Waals surface area contributed by atoms with Gasteiger partial charge in [0, 0.05) is 11.3 Å². The predicted octanol–water partition coefficient (Wildman–Crippen LogP) is 3.11. The fraction of sp³-hybridized carbons (Fsp3) is 0.250. The first-order chi connectivity index (χ1) is 6.79. The van der Waals surface area contributed by atoms with Gasteiger partial charge in [-0.25, -0.2) is 8.78 Å². The monoisotopic (exact) mass is 227 g/mol. The molecular weight excluding hydrogens is 221 g/mol. The van der Waals surface area contributed by atoms with E-state index in [2.05, 4.69) is 4.74 Å². The maximum atomic E-state index is 12.2. The van der Waals surface area contributed by atoms with Crippen LogP contribution in [0.1, 0.15) is 12.0 Å². The van der Waals surface area contributed by atoms with Gasteiger partial charge in [0.1, 0.15) is 5.75 Å². The molecule has 0 amide bonds.